The van der Waals surface area contributed by atoms with E-state index in [1.54, 1.807) is 23.1 Å². The Morgan fingerprint density at radius 3 is 3.17 bits per heavy atom. The van der Waals surface area contributed by atoms with Crippen LogP contribution in [0.4, 0.5) is 0 Å². The van der Waals surface area contributed by atoms with Gasteiger partial charge < -0.3 is 0 Å². The minimum absolute atomic E-state index is 0.357. The van der Waals surface area contributed by atoms with Crippen LogP contribution in [0.2, 0.25) is 0 Å². The molecule has 3 heteroatoms. The van der Waals surface area contributed by atoms with Gasteiger partial charge in [0.15, 0.2) is 4.34 Å². The molecular weight excluding hydrogens is 186 g/mol. The second-order valence-electron chi connectivity index (χ2n) is 2.23. The fourth-order valence-corrected chi connectivity index (χ4v) is 2.44. The molecule has 1 atom stereocenters. The Kier molecular flexibility index (Phi) is 4.20. The predicted molar refractivity (Wildman–Crippen MR) is 55.5 cm³/mol. The van der Waals surface area contributed by atoms with Crippen molar-refractivity contribution in [3.63, 3.8) is 0 Å². The van der Waals surface area contributed by atoms with Crippen molar-refractivity contribution in [2.45, 2.75) is 29.9 Å². The van der Waals surface area contributed by atoms with Gasteiger partial charge in [-0.2, -0.15) is 0 Å². The van der Waals surface area contributed by atoms with E-state index in [1.165, 1.54) is 0 Å². The number of thioether (sulfide) groups is 1. The van der Waals surface area contributed by atoms with Gasteiger partial charge in [-0.15, -0.1) is 17.3 Å². The standard InChI is InChI=1S/C9H11NS2/c1-3-4-5-8(2)12-9-10-6-7-11-9/h6-8H,3H2,1-2H3. The van der Waals surface area contributed by atoms with E-state index in [0.717, 1.165) is 10.8 Å². The van der Waals surface area contributed by atoms with E-state index in [1.807, 2.05) is 11.6 Å². The molecule has 0 fully saturated rings. The highest BCUT2D eigenvalue weighted by Gasteiger charge is 2.01. The topological polar surface area (TPSA) is 12.9 Å². The monoisotopic (exact) mass is 197 g/mol. The minimum Gasteiger partial charge on any atom is -0.238 e. The first-order valence-electron chi connectivity index (χ1n) is 3.87. The first-order chi connectivity index (χ1) is 5.83. The average Bonchev–Trinajstić information content (AvgIpc) is 2.53. The summed E-state index contributed by atoms with van der Waals surface area (Å²) in [6.07, 6.45) is 2.76. The fraction of sp³-hybridized carbons (Fsp3) is 0.444. The fourth-order valence-electron chi connectivity index (χ4n) is 0.695. The summed E-state index contributed by atoms with van der Waals surface area (Å²) in [5.41, 5.74) is 0. The summed E-state index contributed by atoms with van der Waals surface area (Å²) in [7, 11) is 0. The zero-order valence-electron chi connectivity index (χ0n) is 7.20. The maximum atomic E-state index is 4.18. The van der Waals surface area contributed by atoms with Crippen molar-refractivity contribution >= 4 is 23.1 Å². The first-order valence-corrected chi connectivity index (χ1v) is 5.63. The van der Waals surface area contributed by atoms with Crippen molar-refractivity contribution in [1.82, 2.24) is 4.98 Å². The molecule has 1 nitrogen and oxygen atoms in total. The molecule has 1 aromatic heterocycles. The summed E-state index contributed by atoms with van der Waals surface area (Å²) < 4.78 is 1.10. The van der Waals surface area contributed by atoms with E-state index >= 15 is 0 Å². The van der Waals surface area contributed by atoms with Gasteiger partial charge in [-0.3, -0.25) is 0 Å². The molecule has 0 aliphatic carbocycles. The molecule has 0 radical (unpaired) electrons. The van der Waals surface area contributed by atoms with Crippen LogP contribution in [0.5, 0.6) is 0 Å². The van der Waals surface area contributed by atoms with Crippen molar-refractivity contribution in [1.29, 1.82) is 0 Å². The Morgan fingerprint density at radius 1 is 1.75 bits per heavy atom. The van der Waals surface area contributed by atoms with Crippen LogP contribution in [-0.4, -0.2) is 10.2 Å². The van der Waals surface area contributed by atoms with E-state index in [9.17, 15) is 0 Å². The van der Waals surface area contributed by atoms with Gasteiger partial charge in [0.1, 0.15) is 0 Å². The van der Waals surface area contributed by atoms with Crippen molar-refractivity contribution < 1.29 is 0 Å². The van der Waals surface area contributed by atoms with Gasteiger partial charge >= 0.3 is 0 Å². The summed E-state index contributed by atoms with van der Waals surface area (Å²) in [5, 5.41) is 2.35. The van der Waals surface area contributed by atoms with Gasteiger partial charge in [0.25, 0.3) is 0 Å². The Hall–Kier alpha value is -0.460. The molecule has 12 heavy (non-hydrogen) atoms. The van der Waals surface area contributed by atoms with Crippen LogP contribution in [0.1, 0.15) is 20.3 Å². The Morgan fingerprint density at radius 2 is 2.58 bits per heavy atom. The second kappa shape index (κ2) is 5.23. The zero-order valence-corrected chi connectivity index (χ0v) is 8.84. The summed E-state index contributed by atoms with van der Waals surface area (Å²) in [6, 6.07) is 0. The molecule has 0 saturated carbocycles. The van der Waals surface area contributed by atoms with Crippen LogP contribution in [-0.2, 0) is 0 Å². The predicted octanol–water partition coefficient (Wildman–Crippen LogP) is 3.04. The molecular formula is C9H11NS2. The number of rotatable bonds is 2. The molecule has 64 valence electrons. The Bertz CT molecular complexity index is 268. The number of hydrogen-bond donors (Lipinski definition) is 0. The number of aromatic nitrogens is 1. The van der Waals surface area contributed by atoms with Crippen molar-refractivity contribution in [3.05, 3.63) is 11.6 Å². The van der Waals surface area contributed by atoms with Crippen molar-refractivity contribution in [2.24, 2.45) is 0 Å². The highest BCUT2D eigenvalue weighted by Crippen LogP contribution is 2.24. The number of hydrogen-bond acceptors (Lipinski definition) is 3. The van der Waals surface area contributed by atoms with Gasteiger partial charge in [-0.1, -0.05) is 24.6 Å². The lowest BCUT2D eigenvalue weighted by molar-refractivity contribution is 1.21. The van der Waals surface area contributed by atoms with Crippen molar-refractivity contribution in [3.8, 4) is 11.8 Å². The largest absolute Gasteiger partial charge is 0.238 e. The molecule has 0 N–H and O–H groups in total. The highest BCUT2D eigenvalue weighted by molar-refractivity contribution is 8.01. The summed E-state index contributed by atoms with van der Waals surface area (Å²) >= 11 is 3.39. The normalized spacial score (nSPS) is 11.8. The maximum Gasteiger partial charge on any atom is 0.150 e. The lowest BCUT2D eigenvalue weighted by Gasteiger charge is -1.97. The first kappa shape index (κ1) is 9.63. The molecule has 0 bridgehead atoms. The third-order valence-corrected chi connectivity index (χ3v) is 3.09. The SMILES string of the molecule is CCC#CC(C)Sc1nccs1. The summed E-state index contributed by atoms with van der Waals surface area (Å²) in [5.74, 6) is 6.22. The summed E-state index contributed by atoms with van der Waals surface area (Å²) in [4.78, 5) is 4.18. The molecule has 1 aromatic rings. The Labute approximate surface area is 81.6 Å². The molecule has 0 aliphatic heterocycles. The average molecular weight is 197 g/mol. The molecule has 1 heterocycles. The highest BCUT2D eigenvalue weighted by atomic mass is 32.2. The number of nitrogens with zero attached hydrogens (tertiary/aromatic N) is 1. The maximum absolute atomic E-state index is 4.18. The van der Waals surface area contributed by atoms with Crippen molar-refractivity contribution in [2.75, 3.05) is 0 Å². The van der Waals surface area contributed by atoms with Crippen LogP contribution in [0.15, 0.2) is 15.9 Å². The van der Waals surface area contributed by atoms with Crippen LogP contribution < -0.4 is 0 Å². The molecule has 0 aliphatic rings. The third-order valence-electron chi connectivity index (χ3n) is 1.17. The molecule has 1 unspecified atom stereocenters. The quantitative estimate of drug-likeness (QED) is 0.534. The minimum atomic E-state index is 0.357. The smallest absolute Gasteiger partial charge is 0.150 e. The van der Waals surface area contributed by atoms with E-state index in [0.29, 0.717) is 5.25 Å². The van der Waals surface area contributed by atoms with Crippen LogP contribution in [0.3, 0.4) is 0 Å². The van der Waals surface area contributed by atoms with Gasteiger partial charge in [-0.05, 0) is 6.92 Å². The zero-order chi connectivity index (χ0) is 8.81. The van der Waals surface area contributed by atoms with Gasteiger partial charge in [-0.25, -0.2) is 4.98 Å². The van der Waals surface area contributed by atoms with E-state index in [-0.39, 0.29) is 0 Å². The Balaban J connectivity index is 2.42. The van der Waals surface area contributed by atoms with Crippen LogP contribution in [0.25, 0.3) is 0 Å². The lowest BCUT2D eigenvalue weighted by Crippen LogP contribution is -1.89. The van der Waals surface area contributed by atoms with E-state index < -0.39 is 0 Å². The molecule has 0 amide bonds. The lowest BCUT2D eigenvalue weighted by atomic mass is 10.4. The molecule has 0 spiro atoms. The molecule has 1 rings (SSSR count). The van der Waals surface area contributed by atoms with Gasteiger partial charge in [0.2, 0.25) is 0 Å². The van der Waals surface area contributed by atoms with Crippen LogP contribution in [0, 0.1) is 11.8 Å². The molecule has 0 aromatic carbocycles. The second-order valence-corrected chi connectivity index (χ2v) is 4.72. The van der Waals surface area contributed by atoms with E-state index in [4.69, 9.17) is 0 Å². The van der Waals surface area contributed by atoms with Gasteiger partial charge in [0, 0.05) is 18.0 Å². The van der Waals surface area contributed by atoms with Crippen LogP contribution >= 0.6 is 23.1 Å². The summed E-state index contributed by atoms with van der Waals surface area (Å²) in [6.45, 7) is 4.17. The van der Waals surface area contributed by atoms with Gasteiger partial charge in [0.05, 0.1) is 5.25 Å². The third kappa shape index (κ3) is 3.29. The number of thiazole rings is 1. The van der Waals surface area contributed by atoms with E-state index in [2.05, 4.69) is 30.7 Å². The molecule has 0 saturated heterocycles.